The van der Waals surface area contributed by atoms with Gasteiger partial charge in [0.2, 0.25) is 5.91 Å². The molecule has 2 aliphatic heterocycles. The van der Waals surface area contributed by atoms with Gasteiger partial charge in [-0.05, 0) is 81.2 Å². The molecular weight excluding hydrogens is 469 g/mol. The number of carbonyl (C=O) groups is 2. The Hall–Kier alpha value is -3.48. The highest BCUT2D eigenvalue weighted by Crippen LogP contribution is 2.46. The SMILES string of the molecule is Cc1oc2ccc(-c3ccc(C4=NC5(CC5)C(=O)N4CC4CCN(C(=O)C5CC5)C4)cc3F)cc2c1C. The van der Waals surface area contributed by atoms with Crippen molar-refractivity contribution in [3.8, 4) is 11.1 Å². The van der Waals surface area contributed by atoms with Gasteiger partial charge in [-0.2, -0.15) is 0 Å². The van der Waals surface area contributed by atoms with E-state index in [1.807, 2.05) is 43.0 Å². The number of rotatable bonds is 5. The number of hydrogen-bond acceptors (Lipinski definition) is 4. The van der Waals surface area contributed by atoms with Gasteiger partial charge in [-0.25, -0.2) is 4.39 Å². The summed E-state index contributed by atoms with van der Waals surface area (Å²) >= 11 is 0. The summed E-state index contributed by atoms with van der Waals surface area (Å²) in [7, 11) is 0. The maximum atomic E-state index is 15.5. The zero-order valence-electron chi connectivity index (χ0n) is 21.2. The Bertz CT molecular complexity index is 1500. The number of carbonyl (C=O) groups excluding carboxylic acids is 2. The molecule has 6 nitrogen and oxygen atoms in total. The van der Waals surface area contributed by atoms with Crippen molar-refractivity contribution in [2.24, 2.45) is 16.8 Å². The molecule has 2 saturated carbocycles. The number of aliphatic imine (C=N–C) groups is 1. The van der Waals surface area contributed by atoms with Crippen molar-refractivity contribution in [3.63, 3.8) is 0 Å². The fourth-order valence-electron chi connectivity index (χ4n) is 5.92. The van der Waals surface area contributed by atoms with Crippen molar-refractivity contribution in [1.29, 1.82) is 0 Å². The molecule has 2 aliphatic carbocycles. The van der Waals surface area contributed by atoms with E-state index in [1.54, 1.807) is 11.0 Å². The first-order valence-corrected chi connectivity index (χ1v) is 13.3. The van der Waals surface area contributed by atoms with Crippen molar-refractivity contribution in [2.75, 3.05) is 19.6 Å². The highest BCUT2D eigenvalue weighted by molar-refractivity contribution is 6.16. The summed E-state index contributed by atoms with van der Waals surface area (Å²) in [4.78, 5) is 34.4. The van der Waals surface area contributed by atoms with Gasteiger partial charge >= 0.3 is 0 Å². The summed E-state index contributed by atoms with van der Waals surface area (Å²) in [6, 6.07) is 10.9. The summed E-state index contributed by atoms with van der Waals surface area (Å²) in [5.41, 5.74) is 3.11. The van der Waals surface area contributed by atoms with Crippen LogP contribution in [0.5, 0.6) is 0 Å². The number of likely N-dealkylation sites (tertiary alicyclic amines) is 1. The maximum Gasteiger partial charge on any atom is 0.256 e. The van der Waals surface area contributed by atoms with Crippen LogP contribution < -0.4 is 0 Å². The van der Waals surface area contributed by atoms with Gasteiger partial charge in [0.05, 0.1) is 0 Å². The summed E-state index contributed by atoms with van der Waals surface area (Å²) in [6.45, 7) is 5.89. The molecule has 1 atom stereocenters. The third kappa shape index (κ3) is 3.70. The van der Waals surface area contributed by atoms with E-state index in [0.717, 1.165) is 66.5 Å². The van der Waals surface area contributed by atoms with Crippen LogP contribution in [0, 0.1) is 31.5 Å². The average Bonchev–Trinajstić information content (AvgIpc) is 3.80. The van der Waals surface area contributed by atoms with Gasteiger partial charge in [-0.1, -0.05) is 18.2 Å². The number of fused-ring (bicyclic) bond motifs is 1. The second-order valence-electron chi connectivity index (χ2n) is 11.3. The summed E-state index contributed by atoms with van der Waals surface area (Å²) in [5.74, 6) is 1.80. The van der Waals surface area contributed by atoms with Crippen LogP contribution in [0.15, 0.2) is 45.8 Å². The molecule has 0 N–H and O–H groups in total. The van der Waals surface area contributed by atoms with E-state index in [9.17, 15) is 9.59 Å². The van der Waals surface area contributed by atoms with Gasteiger partial charge in [0.25, 0.3) is 5.91 Å². The molecular formula is C30H30FN3O3. The molecule has 3 heterocycles. The number of benzene rings is 2. The highest BCUT2D eigenvalue weighted by atomic mass is 19.1. The fraction of sp³-hybridized carbons (Fsp3) is 0.433. The predicted molar refractivity (Wildman–Crippen MR) is 139 cm³/mol. The van der Waals surface area contributed by atoms with Gasteiger partial charge in [0, 0.05) is 42.1 Å². The second-order valence-corrected chi connectivity index (χ2v) is 11.3. The van der Waals surface area contributed by atoms with Crippen LogP contribution in [0.1, 0.15) is 49.0 Å². The van der Waals surface area contributed by atoms with Crippen LogP contribution in [0.2, 0.25) is 0 Å². The molecule has 1 unspecified atom stereocenters. The quantitative estimate of drug-likeness (QED) is 0.483. The number of amidine groups is 1. The van der Waals surface area contributed by atoms with E-state index in [0.29, 0.717) is 30.1 Å². The van der Waals surface area contributed by atoms with Crippen LogP contribution in [0.3, 0.4) is 0 Å². The third-order valence-corrected chi connectivity index (χ3v) is 8.62. The lowest BCUT2D eigenvalue weighted by Crippen LogP contribution is -2.41. The van der Waals surface area contributed by atoms with Crippen molar-refractivity contribution in [1.82, 2.24) is 9.80 Å². The van der Waals surface area contributed by atoms with Crippen molar-refractivity contribution >= 4 is 28.6 Å². The van der Waals surface area contributed by atoms with Crippen LogP contribution in [-0.4, -0.2) is 52.6 Å². The molecule has 1 spiro atoms. The van der Waals surface area contributed by atoms with Crippen LogP contribution in [0.4, 0.5) is 4.39 Å². The van der Waals surface area contributed by atoms with E-state index in [-0.39, 0.29) is 29.5 Å². The molecule has 2 amide bonds. The zero-order valence-corrected chi connectivity index (χ0v) is 21.2. The van der Waals surface area contributed by atoms with E-state index < -0.39 is 5.54 Å². The third-order valence-electron chi connectivity index (χ3n) is 8.62. The minimum absolute atomic E-state index is 0.0233. The zero-order chi connectivity index (χ0) is 25.5. The lowest BCUT2D eigenvalue weighted by molar-refractivity contribution is -0.131. The summed E-state index contributed by atoms with van der Waals surface area (Å²) in [5, 5.41) is 0.983. The Morgan fingerprint density at radius 1 is 1.11 bits per heavy atom. The molecule has 7 heteroatoms. The van der Waals surface area contributed by atoms with Gasteiger partial charge in [-0.15, -0.1) is 0 Å². The van der Waals surface area contributed by atoms with E-state index in [4.69, 9.17) is 9.41 Å². The Kier molecular flexibility index (Phi) is 4.91. The number of furan rings is 1. The standard InChI is InChI=1S/C30H30FN3O3/c1-17-18(2)37-26-8-6-21(13-24(17)26)23-7-5-22(14-25(23)31)27-32-30(10-11-30)29(36)34(27)16-19-9-12-33(15-19)28(35)20-3-4-20/h5-8,13-14,19-20H,3-4,9-12,15-16H2,1-2H3. The Morgan fingerprint density at radius 2 is 1.89 bits per heavy atom. The molecule has 2 aromatic carbocycles. The lowest BCUT2D eigenvalue weighted by atomic mass is 10.00. The predicted octanol–water partition coefficient (Wildman–Crippen LogP) is 5.24. The smallest absolute Gasteiger partial charge is 0.256 e. The van der Waals surface area contributed by atoms with Crippen molar-refractivity contribution < 1.29 is 18.4 Å². The Morgan fingerprint density at radius 3 is 2.62 bits per heavy atom. The minimum Gasteiger partial charge on any atom is -0.461 e. The van der Waals surface area contributed by atoms with Crippen LogP contribution in [0.25, 0.3) is 22.1 Å². The van der Waals surface area contributed by atoms with Gasteiger partial charge in [0.15, 0.2) is 0 Å². The number of aryl methyl sites for hydroxylation is 2. The molecule has 7 rings (SSSR count). The maximum absolute atomic E-state index is 15.5. The summed E-state index contributed by atoms with van der Waals surface area (Å²) < 4.78 is 21.3. The molecule has 0 bridgehead atoms. The fourth-order valence-corrected chi connectivity index (χ4v) is 5.92. The molecule has 190 valence electrons. The Labute approximate surface area is 215 Å². The molecule has 0 radical (unpaired) electrons. The first kappa shape index (κ1) is 22.7. The number of nitrogens with zero attached hydrogens (tertiary/aromatic N) is 3. The number of amides is 2. The first-order chi connectivity index (χ1) is 17.8. The summed E-state index contributed by atoms with van der Waals surface area (Å²) in [6.07, 6.45) is 4.37. The van der Waals surface area contributed by atoms with E-state index in [2.05, 4.69) is 0 Å². The second kappa shape index (κ2) is 8.01. The van der Waals surface area contributed by atoms with Gasteiger partial charge in [0.1, 0.15) is 28.5 Å². The average molecular weight is 500 g/mol. The highest BCUT2D eigenvalue weighted by Gasteiger charge is 2.57. The van der Waals surface area contributed by atoms with E-state index in [1.165, 1.54) is 6.07 Å². The van der Waals surface area contributed by atoms with Crippen LogP contribution in [-0.2, 0) is 9.59 Å². The molecule has 3 aromatic rings. The minimum atomic E-state index is -0.658. The molecule has 4 aliphatic rings. The topological polar surface area (TPSA) is 66.1 Å². The molecule has 1 aromatic heterocycles. The number of hydrogen-bond donors (Lipinski definition) is 0. The molecule has 37 heavy (non-hydrogen) atoms. The normalized spacial score (nSPS) is 22.4. The molecule has 1 saturated heterocycles. The first-order valence-electron chi connectivity index (χ1n) is 13.3. The number of halogens is 1. The monoisotopic (exact) mass is 499 g/mol. The van der Waals surface area contributed by atoms with E-state index >= 15 is 4.39 Å². The largest absolute Gasteiger partial charge is 0.461 e. The van der Waals surface area contributed by atoms with Gasteiger partial charge in [-0.3, -0.25) is 19.5 Å². The van der Waals surface area contributed by atoms with Gasteiger partial charge < -0.3 is 9.32 Å². The van der Waals surface area contributed by atoms with Crippen molar-refractivity contribution in [2.45, 2.75) is 51.5 Å². The molecule has 3 fully saturated rings. The lowest BCUT2D eigenvalue weighted by Gasteiger charge is -2.24. The van der Waals surface area contributed by atoms with Crippen LogP contribution >= 0.6 is 0 Å². The Balaban J connectivity index is 1.16. The van der Waals surface area contributed by atoms with Crippen molar-refractivity contribution in [3.05, 3.63) is 59.1 Å².